The third kappa shape index (κ3) is 5.80. The fraction of sp³-hybridized carbons (Fsp3) is 0.357. The first-order valence-corrected chi connectivity index (χ1v) is 12.4. The molecule has 38 heavy (non-hydrogen) atoms. The third-order valence-corrected chi connectivity index (χ3v) is 5.84. The second-order valence-electron chi connectivity index (χ2n) is 9.70. The Bertz CT molecular complexity index is 1320. The van der Waals surface area contributed by atoms with Gasteiger partial charge in [0.15, 0.2) is 5.69 Å². The molecule has 0 atom stereocenters. The molecule has 3 aromatic rings. The smallest absolute Gasteiger partial charge is 0.359 e. The molecule has 0 bridgehead atoms. The highest BCUT2D eigenvalue weighted by molar-refractivity contribution is 6.09. The summed E-state index contributed by atoms with van der Waals surface area (Å²) in [6, 6.07) is 14.3. The number of carbonyl (C=O) groups excluding carboxylic acids is 3. The number of hydrogen-bond acceptors (Lipinski definition) is 8. The summed E-state index contributed by atoms with van der Waals surface area (Å²) in [6.07, 6.45) is 0.435. The number of methoxy groups -OCH3 is 1. The van der Waals surface area contributed by atoms with E-state index in [2.05, 4.69) is 10.4 Å². The standard InChI is InChI=1S/C28H32N4O6/c1-6-37-27(35)24-22-15-16-31(19-9-7-18(8-10-19)29-17-23(33)38-28(2,3)4)26(34)25(22)32(30-24)20-11-13-21(36-5)14-12-20/h7-14,29H,6,15-17H2,1-5H3. The van der Waals surface area contributed by atoms with Crippen molar-refractivity contribution < 1.29 is 28.6 Å². The first-order valence-electron chi connectivity index (χ1n) is 12.4. The minimum atomic E-state index is -0.558. The molecule has 0 spiro atoms. The van der Waals surface area contributed by atoms with E-state index in [1.54, 1.807) is 67.5 Å². The Morgan fingerprint density at radius 2 is 1.68 bits per heavy atom. The lowest BCUT2D eigenvalue weighted by Gasteiger charge is -2.28. The van der Waals surface area contributed by atoms with E-state index in [1.165, 1.54) is 4.68 Å². The maximum atomic E-state index is 13.8. The van der Waals surface area contributed by atoms with Crippen LogP contribution in [-0.2, 0) is 20.7 Å². The summed E-state index contributed by atoms with van der Waals surface area (Å²) in [5.41, 5.74) is 2.50. The zero-order valence-corrected chi connectivity index (χ0v) is 22.2. The van der Waals surface area contributed by atoms with E-state index < -0.39 is 11.6 Å². The summed E-state index contributed by atoms with van der Waals surface area (Å²) in [5, 5.41) is 7.53. The average Bonchev–Trinajstić information content (AvgIpc) is 3.28. The maximum absolute atomic E-state index is 13.8. The highest BCUT2D eigenvalue weighted by Crippen LogP contribution is 2.30. The minimum absolute atomic E-state index is 0.0281. The molecule has 1 aliphatic heterocycles. The molecule has 1 aliphatic rings. The SMILES string of the molecule is CCOC(=O)c1nn(-c2ccc(OC)cc2)c2c1CCN(c1ccc(NCC(=O)OC(C)(C)C)cc1)C2=O. The van der Waals surface area contributed by atoms with Crippen molar-refractivity contribution in [2.75, 3.05) is 37.0 Å². The molecule has 1 aromatic heterocycles. The van der Waals surface area contributed by atoms with Crippen molar-refractivity contribution in [3.05, 3.63) is 65.5 Å². The number of rotatable bonds is 8. The number of nitrogens with zero attached hydrogens (tertiary/aromatic N) is 3. The van der Waals surface area contributed by atoms with Gasteiger partial charge in [-0.1, -0.05) is 0 Å². The van der Waals surface area contributed by atoms with Gasteiger partial charge in [-0.15, -0.1) is 0 Å². The summed E-state index contributed by atoms with van der Waals surface area (Å²) in [6.45, 7) is 7.78. The van der Waals surface area contributed by atoms with Crippen LogP contribution in [0.25, 0.3) is 5.69 Å². The summed E-state index contributed by atoms with van der Waals surface area (Å²) in [5.74, 6) is -0.532. The van der Waals surface area contributed by atoms with Gasteiger partial charge in [-0.3, -0.25) is 9.59 Å². The van der Waals surface area contributed by atoms with Crippen LogP contribution in [0.2, 0.25) is 0 Å². The maximum Gasteiger partial charge on any atom is 0.359 e. The Labute approximate surface area is 221 Å². The Morgan fingerprint density at radius 1 is 1.03 bits per heavy atom. The predicted molar refractivity (Wildman–Crippen MR) is 142 cm³/mol. The zero-order valence-electron chi connectivity index (χ0n) is 22.2. The number of carbonyl (C=O) groups is 3. The van der Waals surface area contributed by atoms with Gasteiger partial charge >= 0.3 is 11.9 Å². The fourth-order valence-electron chi connectivity index (χ4n) is 4.19. The fourth-order valence-corrected chi connectivity index (χ4v) is 4.19. The number of anilines is 2. The van der Waals surface area contributed by atoms with Gasteiger partial charge in [-0.05, 0) is 82.6 Å². The lowest BCUT2D eigenvalue weighted by molar-refractivity contribution is -0.152. The Morgan fingerprint density at radius 3 is 2.29 bits per heavy atom. The predicted octanol–water partition coefficient (Wildman–Crippen LogP) is 4.01. The van der Waals surface area contributed by atoms with Crippen LogP contribution in [0.4, 0.5) is 11.4 Å². The van der Waals surface area contributed by atoms with Crippen molar-refractivity contribution in [1.29, 1.82) is 0 Å². The Kier molecular flexibility index (Phi) is 7.70. The van der Waals surface area contributed by atoms with Crippen molar-refractivity contribution >= 4 is 29.2 Å². The zero-order chi connectivity index (χ0) is 27.4. The normalized spacial score (nSPS) is 13.1. The molecule has 1 N–H and O–H groups in total. The average molecular weight is 521 g/mol. The van der Waals surface area contributed by atoms with Crippen LogP contribution in [0.15, 0.2) is 48.5 Å². The van der Waals surface area contributed by atoms with E-state index in [1.807, 2.05) is 20.8 Å². The largest absolute Gasteiger partial charge is 0.497 e. The number of amides is 1. The van der Waals surface area contributed by atoms with Gasteiger partial charge in [-0.25, -0.2) is 9.48 Å². The Hall–Kier alpha value is -4.34. The second-order valence-corrected chi connectivity index (χ2v) is 9.70. The monoisotopic (exact) mass is 520 g/mol. The van der Waals surface area contributed by atoms with E-state index in [0.29, 0.717) is 41.3 Å². The van der Waals surface area contributed by atoms with Crippen LogP contribution in [0, 0.1) is 0 Å². The molecular formula is C28H32N4O6. The van der Waals surface area contributed by atoms with Crippen LogP contribution < -0.4 is 15.0 Å². The minimum Gasteiger partial charge on any atom is -0.497 e. The van der Waals surface area contributed by atoms with Gasteiger partial charge in [0.25, 0.3) is 5.91 Å². The molecule has 0 fully saturated rings. The number of benzene rings is 2. The number of aromatic nitrogens is 2. The molecule has 1 amide bonds. The molecule has 2 heterocycles. The lowest BCUT2D eigenvalue weighted by atomic mass is 10.0. The summed E-state index contributed by atoms with van der Waals surface area (Å²) >= 11 is 0. The van der Waals surface area contributed by atoms with Crippen molar-refractivity contribution in [2.24, 2.45) is 0 Å². The quantitative estimate of drug-likeness (QED) is 0.444. The topological polar surface area (TPSA) is 112 Å². The highest BCUT2D eigenvalue weighted by Gasteiger charge is 2.35. The van der Waals surface area contributed by atoms with Gasteiger partial charge in [0, 0.05) is 23.5 Å². The lowest BCUT2D eigenvalue weighted by Crippen LogP contribution is -2.39. The van der Waals surface area contributed by atoms with E-state index >= 15 is 0 Å². The van der Waals surface area contributed by atoms with Crippen LogP contribution in [-0.4, -0.2) is 60.0 Å². The first-order chi connectivity index (χ1) is 18.1. The van der Waals surface area contributed by atoms with Crippen molar-refractivity contribution in [2.45, 2.75) is 39.7 Å². The first kappa shape index (κ1) is 26.7. The van der Waals surface area contributed by atoms with Gasteiger partial charge < -0.3 is 24.4 Å². The molecule has 0 saturated heterocycles. The van der Waals surface area contributed by atoms with Crippen LogP contribution in [0.1, 0.15) is 54.2 Å². The van der Waals surface area contributed by atoms with Crippen molar-refractivity contribution in [3.8, 4) is 11.4 Å². The number of ether oxygens (including phenoxy) is 3. The van der Waals surface area contributed by atoms with Crippen molar-refractivity contribution in [1.82, 2.24) is 9.78 Å². The molecule has 200 valence electrons. The van der Waals surface area contributed by atoms with Crippen LogP contribution in [0.5, 0.6) is 5.75 Å². The van der Waals surface area contributed by atoms with E-state index in [0.717, 1.165) is 5.69 Å². The second kappa shape index (κ2) is 11.0. The highest BCUT2D eigenvalue weighted by atomic mass is 16.6. The summed E-state index contributed by atoms with van der Waals surface area (Å²) in [4.78, 5) is 40.1. The number of esters is 2. The van der Waals surface area contributed by atoms with Gasteiger partial charge in [-0.2, -0.15) is 5.10 Å². The molecule has 10 nitrogen and oxygen atoms in total. The molecule has 2 aromatic carbocycles. The van der Waals surface area contributed by atoms with E-state index in [4.69, 9.17) is 14.2 Å². The van der Waals surface area contributed by atoms with Gasteiger partial charge in [0.1, 0.15) is 23.6 Å². The van der Waals surface area contributed by atoms with Crippen molar-refractivity contribution in [3.63, 3.8) is 0 Å². The van der Waals surface area contributed by atoms with Gasteiger partial charge in [0.2, 0.25) is 0 Å². The molecule has 4 rings (SSSR count). The number of fused-ring (bicyclic) bond motifs is 1. The number of hydrogen-bond donors (Lipinski definition) is 1. The summed E-state index contributed by atoms with van der Waals surface area (Å²) < 4.78 is 17.3. The van der Waals surface area contributed by atoms with E-state index in [-0.39, 0.29) is 30.7 Å². The molecule has 10 heteroatoms. The third-order valence-electron chi connectivity index (χ3n) is 5.84. The molecular weight excluding hydrogens is 488 g/mol. The summed E-state index contributed by atoms with van der Waals surface area (Å²) in [7, 11) is 1.57. The molecule has 0 aliphatic carbocycles. The Balaban J connectivity index is 1.59. The van der Waals surface area contributed by atoms with Crippen LogP contribution in [0.3, 0.4) is 0 Å². The van der Waals surface area contributed by atoms with Crippen LogP contribution >= 0.6 is 0 Å². The molecule has 0 radical (unpaired) electrons. The molecule has 0 unspecified atom stereocenters. The van der Waals surface area contributed by atoms with Gasteiger partial charge in [0.05, 0.1) is 19.4 Å². The van der Waals surface area contributed by atoms with E-state index in [9.17, 15) is 14.4 Å². The molecule has 0 saturated carbocycles. The number of nitrogens with one attached hydrogen (secondary N) is 1.